The number of benzene rings is 6. The lowest BCUT2D eigenvalue weighted by atomic mass is 9.82. The summed E-state index contributed by atoms with van der Waals surface area (Å²) in [6, 6.07) is 35.6. The van der Waals surface area contributed by atoms with E-state index in [1.807, 2.05) is 60.7 Å². The van der Waals surface area contributed by atoms with Crippen LogP contribution in [0.4, 0.5) is 11.4 Å². The number of ketones is 2. The van der Waals surface area contributed by atoms with Gasteiger partial charge in [-0.05, 0) is 45.8 Å². The summed E-state index contributed by atoms with van der Waals surface area (Å²) >= 11 is 0. The largest absolute Gasteiger partial charge is 0.321 e. The van der Waals surface area contributed by atoms with E-state index in [9.17, 15) is 19.2 Å². The Kier molecular flexibility index (Phi) is 5.95. The number of hydrogen-bond acceptors (Lipinski definition) is 4. The lowest BCUT2D eigenvalue weighted by molar-refractivity contribution is 0.0978. The van der Waals surface area contributed by atoms with Crippen molar-refractivity contribution in [2.24, 2.45) is 0 Å². The fraction of sp³-hybridized carbons (Fsp3) is 0. The first-order valence-corrected chi connectivity index (χ1v) is 13.4. The Balaban J connectivity index is 1.33. The minimum atomic E-state index is -0.416. The van der Waals surface area contributed by atoms with Gasteiger partial charge in [-0.15, -0.1) is 0 Å². The van der Waals surface area contributed by atoms with E-state index in [0.29, 0.717) is 11.1 Å². The second-order valence-electron chi connectivity index (χ2n) is 10.1. The average molecular weight is 547 g/mol. The van der Waals surface area contributed by atoms with E-state index in [-0.39, 0.29) is 33.6 Å². The number of nitrogens with one attached hydrogen (secondary N) is 2. The molecule has 0 radical (unpaired) electrons. The molecule has 6 aromatic rings. The van der Waals surface area contributed by atoms with Crippen molar-refractivity contribution in [2.45, 2.75) is 0 Å². The Hall–Kier alpha value is -5.88. The van der Waals surface area contributed by atoms with Crippen LogP contribution in [-0.2, 0) is 0 Å². The van der Waals surface area contributed by atoms with Gasteiger partial charge >= 0.3 is 0 Å². The highest BCUT2D eigenvalue weighted by Gasteiger charge is 2.35. The molecule has 0 spiro atoms. The normalized spacial score (nSPS) is 12.1. The van der Waals surface area contributed by atoms with E-state index in [2.05, 4.69) is 10.6 Å². The second-order valence-corrected chi connectivity index (χ2v) is 10.1. The third kappa shape index (κ3) is 4.05. The summed E-state index contributed by atoms with van der Waals surface area (Å²) in [7, 11) is 0. The fourth-order valence-corrected chi connectivity index (χ4v) is 5.66. The first-order chi connectivity index (χ1) is 20.5. The molecule has 0 bridgehead atoms. The van der Waals surface area contributed by atoms with Gasteiger partial charge in [0.15, 0.2) is 11.6 Å². The van der Waals surface area contributed by atoms with E-state index < -0.39 is 23.4 Å². The molecule has 6 aromatic carbocycles. The third-order valence-corrected chi connectivity index (χ3v) is 7.64. The van der Waals surface area contributed by atoms with E-state index in [1.165, 1.54) is 0 Å². The lowest BCUT2D eigenvalue weighted by Crippen LogP contribution is -2.26. The van der Waals surface area contributed by atoms with Gasteiger partial charge in [0.2, 0.25) is 0 Å². The molecule has 42 heavy (non-hydrogen) atoms. The highest BCUT2D eigenvalue weighted by molar-refractivity contribution is 6.33. The molecule has 200 valence electrons. The van der Waals surface area contributed by atoms with Crippen molar-refractivity contribution in [1.82, 2.24) is 0 Å². The van der Waals surface area contributed by atoms with Crippen LogP contribution in [-0.4, -0.2) is 23.4 Å². The van der Waals surface area contributed by atoms with Gasteiger partial charge in [-0.3, -0.25) is 19.2 Å². The van der Waals surface area contributed by atoms with Gasteiger partial charge in [-0.2, -0.15) is 0 Å². The van der Waals surface area contributed by atoms with Crippen LogP contribution >= 0.6 is 0 Å². The van der Waals surface area contributed by atoms with Crippen LogP contribution in [0.1, 0.15) is 52.6 Å². The van der Waals surface area contributed by atoms with Crippen molar-refractivity contribution in [1.29, 1.82) is 0 Å². The number of carbonyl (C=O) groups excluding carboxylic acids is 4. The van der Waals surface area contributed by atoms with Gasteiger partial charge in [0.25, 0.3) is 11.8 Å². The summed E-state index contributed by atoms with van der Waals surface area (Å²) in [5, 5.41) is 9.07. The molecule has 6 nitrogen and oxygen atoms in total. The highest BCUT2D eigenvalue weighted by atomic mass is 16.2. The van der Waals surface area contributed by atoms with E-state index in [0.717, 1.165) is 21.5 Å². The van der Waals surface area contributed by atoms with Crippen molar-refractivity contribution in [3.05, 3.63) is 155 Å². The van der Waals surface area contributed by atoms with Crippen molar-refractivity contribution in [3.8, 4) is 0 Å². The molecule has 0 saturated heterocycles. The van der Waals surface area contributed by atoms with Crippen LogP contribution in [0.2, 0.25) is 0 Å². The van der Waals surface area contributed by atoms with E-state index in [4.69, 9.17) is 0 Å². The number of rotatable bonds is 4. The van der Waals surface area contributed by atoms with Crippen molar-refractivity contribution in [3.63, 3.8) is 0 Å². The Morgan fingerprint density at radius 3 is 1.26 bits per heavy atom. The van der Waals surface area contributed by atoms with Gasteiger partial charge < -0.3 is 10.6 Å². The van der Waals surface area contributed by atoms with Crippen LogP contribution < -0.4 is 10.6 Å². The summed E-state index contributed by atoms with van der Waals surface area (Å²) in [5.74, 6) is -1.65. The topological polar surface area (TPSA) is 92.3 Å². The number of fused-ring (bicyclic) bond motifs is 4. The highest BCUT2D eigenvalue weighted by Crippen LogP contribution is 2.37. The Morgan fingerprint density at radius 1 is 0.429 bits per heavy atom. The van der Waals surface area contributed by atoms with Crippen LogP contribution in [0.3, 0.4) is 0 Å². The molecule has 0 aliphatic heterocycles. The standard InChI is InChI=1S/C36H22N2O4/c39-33-25-15-5-6-16-26(25)34(40)32-30(38-36(42)28-18-8-12-22-10-2-4-14-24(22)28)20-19-29(31(32)33)37-35(41)27-17-7-11-21-9-1-3-13-23(21)27/h1-20H,(H,37,41)(H,38,42). The number of hydrogen-bond donors (Lipinski definition) is 2. The third-order valence-electron chi connectivity index (χ3n) is 7.64. The van der Waals surface area contributed by atoms with Crippen molar-refractivity contribution in [2.75, 3.05) is 10.6 Å². The SMILES string of the molecule is O=C1c2ccccc2C(=O)c2c(NC(=O)c3cccc4ccccc34)ccc(NC(=O)c3cccc4ccccc34)c21. The summed E-state index contributed by atoms with van der Waals surface area (Å²) < 4.78 is 0. The first kappa shape index (κ1) is 25.1. The Morgan fingerprint density at radius 2 is 0.810 bits per heavy atom. The Labute approximate surface area is 240 Å². The van der Waals surface area contributed by atoms with Gasteiger partial charge in [0, 0.05) is 22.3 Å². The molecule has 0 fully saturated rings. The average Bonchev–Trinajstić information content (AvgIpc) is 3.03. The molecule has 2 amide bonds. The second kappa shape index (κ2) is 9.94. The molecule has 0 saturated carbocycles. The molecular formula is C36H22N2O4. The van der Waals surface area contributed by atoms with E-state index in [1.54, 1.807) is 60.7 Å². The molecular weight excluding hydrogens is 524 g/mol. The van der Waals surface area contributed by atoms with Gasteiger partial charge in [0.05, 0.1) is 22.5 Å². The van der Waals surface area contributed by atoms with Crippen LogP contribution in [0.25, 0.3) is 21.5 Å². The van der Waals surface area contributed by atoms with Gasteiger partial charge in [0.1, 0.15) is 0 Å². The van der Waals surface area contributed by atoms with Crippen LogP contribution in [0.15, 0.2) is 121 Å². The van der Waals surface area contributed by atoms with Gasteiger partial charge in [-0.25, -0.2) is 0 Å². The minimum Gasteiger partial charge on any atom is -0.321 e. The lowest BCUT2D eigenvalue weighted by Gasteiger charge is -2.23. The molecule has 0 aromatic heterocycles. The molecule has 0 unspecified atom stereocenters. The van der Waals surface area contributed by atoms with Gasteiger partial charge in [-0.1, -0.05) is 97.1 Å². The summed E-state index contributed by atoms with van der Waals surface area (Å²) in [5.41, 5.74) is 1.83. The molecule has 0 atom stereocenters. The van der Waals surface area contributed by atoms with E-state index >= 15 is 0 Å². The molecule has 2 N–H and O–H groups in total. The van der Waals surface area contributed by atoms with Crippen molar-refractivity contribution >= 4 is 56.3 Å². The predicted octanol–water partition coefficient (Wildman–Crippen LogP) is 7.27. The molecule has 0 heterocycles. The molecule has 7 rings (SSSR count). The number of anilines is 2. The predicted molar refractivity (Wildman–Crippen MR) is 164 cm³/mol. The maximum absolute atomic E-state index is 13.9. The molecule has 1 aliphatic carbocycles. The first-order valence-electron chi connectivity index (χ1n) is 13.4. The maximum Gasteiger partial charge on any atom is 0.256 e. The van der Waals surface area contributed by atoms with Crippen LogP contribution in [0.5, 0.6) is 0 Å². The van der Waals surface area contributed by atoms with Crippen molar-refractivity contribution < 1.29 is 19.2 Å². The zero-order valence-corrected chi connectivity index (χ0v) is 22.2. The maximum atomic E-state index is 13.9. The summed E-state index contributed by atoms with van der Waals surface area (Å²) in [6.45, 7) is 0. The molecule has 6 heteroatoms. The zero-order valence-electron chi connectivity index (χ0n) is 22.2. The summed E-state index contributed by atoms with van der Waals surface area (Å²) in [4.78, 5) is 54.8. The van der Waals surface area contributed by atoms with Crippen LogP contribution in [0, 0.1) is 0 Å². The smallest absolute Gasteiger partial charge is 0.256 e. The Bertz CT molecular complexity index is 1970. The quantitative estimate of drug-likeness (QED) is 0.243. The molecule has 1 aliphatic rings. The number of amides is 2. The summed E-state index contributed by atoms with van der Waals surface area (Å²) in [6.07, 6.45) is 0. The zero-order chi connectivity index (χ0) is 28.8. The number of carbonyl (C=O) groups is 4. The fourth-order valence-electron chi connectivity index (χ4n) is 5.66. The monoisotopic (exact) mass is 546 g/mol. The minimum absolute atomic E-state index is 0.0445.